The fourth-order valence-corrected chi connectivity index (χ4v) is 11.0. The molecule has 0 spiro atoms. The van der Waals surface area contributed by atoms with E-state index in [9.17, 15) is 9.90 Å². The Morgan fingerprint density at radius 3 is 2.00 bits per heavy atom. The highest BCUT2D eigenvalue weighted by Crippen LogP contribution is 2.71. The first kappa shape index (κ1) is 20.8. The number of hydrogen-bond donors (Lipinski definition) is 1. The molecule has 8 rings (SSSR count). The number of carbonyl (C=O) groups is 1. The van der Waals surface area contributed by atoms with Gasteiger partial charge >= 0.3 is 5.97 Å². The van der Waals surface area contributed by atoms with Crippen LogP contribution in [0.1, 0.15) is 97.3 Å². The van der Waals surface area contributed by atoms with Gasteiger partial charge in [-0.1, -0.05) is 6.58 Å². The lowest BCUT2D eigenvalue weighted by Gasteiger charge is -2.67. The van der Waals surface area contributed by atoms with Gasteiger partial charge in [0.05, 0.1) is 6.10 Å². The van der Waals surface area contributed by atoms with Crippen molar-refractivity contribution in [3.8, 4) is 0 Å². The quantitative estimate of drug-likeness (QED) is 0.415. The van der Waals surface area contributed by atoms with Gasteiger partial charge in [0.25, 0.3) is 0 Å². The highest BCUT2D eigenvalue weighted by atomic mass is 16.6. The molecule has 8 aliphatic rings. The first-order valence-electron chi connectivity index (χ1n) is 13.2. The van der Waals surface area contributed by atoms with Gasteiger partial charge in [-0.2, -0.15) is 0 Å². The van der Waals surface area contributed by atoms with Gasteiger partial charge in [0.1, 0.15) is 5.60 Å². The SMILES string of the molecule is C=CC(=O)OC(C)(C)C12CC3CC(CC(CC(O)C45CC6CC(CC(C6)C4)C5)(C3)C1)C2. The second-order valence-electron chi connectivity index (χ2n) is 13.9. The predicted octanol–water partition coefficient (Wildman–Crippen LogP) is 6.05. The molecule has 3 unspecified atom stereocenters. The normalized spacial score (nSPS) is 50.5. The van der Waals surface area contributed by atoms with Gasteiger partial charge in [-0.15, -0.1) is 0 Å². The van der Waals surface area contributed by atoms with Crippen LogP contribution in [0.5, 0.6) is 0 Å². The summed E-state index contributed by atoms with van der Waals surface area (Å²) in [6, 6.07) is 0. The number of esters is 1. The monoisotopic (exact) mass is 426 g/mol. The van der Waals surface area contributed by atoms with Crippen molar-refractivity contribution in [2.24, 2.45) is 45.8 Å². The van der Waals surface area contributed by atoms with Crippen molar-refractivity contribution in [1.82, 2.24) is 0 Å². The Balaban J connectivity index is 1.26. The van der Waals surface area contributed by atoms with Crippen molar-refractivity contribution in [2.45, 2.75) is 109 Å². The second kappa shape index (κ2) is 6.61. The molecule has 0 radical (unpaired) electrons. The molecule has 0 heterocycles. The molecule has 172 valence electrons. The molecule has 0 aromatic heterocycles. The summed E-state index contributed by atoms with van der Waals surface area (Å²) in [5.41, 5.74) is 0.0740. The maximum atomic E-state index is 12.2. The Bertz CT molecular complexity index is 730. The number of carbonyl (C=O) groups excluding carboxylic acids is 1. The molecule has 8 saturated carbocycles. The number of aliphatic hydroxyl groups excluding tert-OH is 1. The molecule has 0 aromatic carbocycles. The van der Waals surface area contributed by atoms with Gasteiger partial charge < -0.3 is 9.84 Å². The van der Waals surface area contributed by atoms with Crippen molar-refractivity contribution in [2.75, 3.05) is 0 Å². The number of hydrogen-bond acceptors (Lipinski definition) is 3. The average Bonchev–Trinajstić information content (AvgIpc) is 2.65. The number of rotatable bonds is 6. The van der Waals surface area contributed by atoms with E-state index in [1.807, 2.05) is 0 Å². The summed E-state index contributed by atoms with van der Waals surface area (Å²) in [6.07, 6.45) is 17.8. The van der Waals surface area contributed by atoms with Gasteiger partial charge in [-0.25, -0.2) is 4.79 Å². The van der Waals surface area contributed by atoms with Crippen molar-refractivity contribution in [3.63, 3.8) is 0 Å². The molecule has 8 aliphatic carbocycles. The topological polar surface area (TPSA) is 46.5 Å². The first-order chi connectivity index (χ1) is 14.6. The minimum absolute atomic E-state index is 0.0664. The zero-order valence-electron chi connectivity index (χ0n) is 19.7. The van der Waals surface area contributed by atoms with Crippen LogP contribution in [0.15, 0.2) is 12.7 Å². The Labute approximate surface area is 188 Å². The molecule has 0 amide bonds. The molecule has 1 N–H and O–H groups in total. The van der Waals surface area contributed by atoms with Gasteiger partial charge in [0, 0.05) is 11.5 Å². The Hall–Kier alpha value is -0.830. The molecule has 0 aliphatic heterocycles. The smallest absolute Gasteiger partial charge is 0.330 e. The van der Waals surface area contributed by atoms with E-state index in [0.29, 0.717) is 0 Å². The molecule has 3 nitrogen and oxygen atoms in total. The van der Waals surface area contributed by atoms with Crippen LogP contribution in [0.25, 0.3) is 0 Å². The van der Waals surface area contributed by atoms with Crippen molar-refractivity contribution >= 4 is 5.97 Å². The molecule has 8 fully saturated rings. The predicted molar refractivity (Wildman–Crippen MR) is 121 cm³/mol. The van der Waals surface area contributed by atoms with Crippen LogP contribution in [-0.2, 0) is 9.53 Å². The van der Waals surface area contributed by atoms with Crippen molar-refractivity contribution in [3.05, 3.63) is 12.7 Å². The fraction of sp³-hybridized carbons (Fsp3) is 0.893. The lowest BCUT2D eigenvalue weighted by Crippen LogP contribution is -2.62. The third kappa shape index (κ3) is 3.11. The molecular weight excluding hydrogens is 384 g/mol. The van der Waals surface area contributed by atoms with Crippen LogP contribution in [-0.4, -0.2) is 22.8 Å². The molecule has 31 heavy (non-hydrogen) atoms. The lowest BCUT2D eigenvalue weighted by atomic mass is 9.39. The highest BCUT2D eigenvalue weighted by molar-refractivity contribution is 5.81. The van der Waals surface area contributed by atoms with Crippen molar-refractivity contribution < 1.29 is 14.6 Å². The summed E-state index contributed by atoms with van der Waals surface area (Å²) in [6.45, 7) is 7.91. The highest BCUT2D eigenvalue weighted by Gasteiger charge is 2.64. The largest absolute Gasteiger partial charge is 0.456 e. The van der Waals surface area contributed by atoms with E-state index in [1.165, 1.54) is 76.7 Å². The molecule has 3 atom stereocenters. The number of aliphatic hydroxyl groups is 1. The number of ether oxygens (including phenoxy) is 1. The molecule has 3 heteroatoms. The van der Waals surface area contributed by atoms with E-state index in [2.05, 4.69) is 20.4 Å². The minimum atomic E-state index is -0.465. The van der Waals surface area contributed by atoms with Gasteiger partial charge in [0.2, 0.25) is 0 Å². The maximum absolute atomic E-state index is 12.2. The van der Waals surface area contributed by atoms with Gasteiger partial charge in [0.15, 0.2) is 0 Å². The Morgan fingerprint density at radius 2 is 1.48 bits per heavy atom. The van der Waals surface area contributed by atoms with E-state index >= 15 is 0 Å². The zero-order chi connectivity index (χ0) is 21.6. The standard InChI is InChI=1S/C28H42O3/c1-4-24(30)31-25(2,3)28-14-21-8-22(15-28)10-26(9-21,17-28)16-23(29)27-11-18-5-19(12-27)7-20(6-18)13-27/h4,18-23,29H,1,5-17H2,2-3H3. The van der Waals surface area contributed by atoms with Crippen LogP contribution in [0.2, 0.25) is 0 Å². The van der Waals surface area contributed by atoms with Crippen LogP contribution in [0.3, 0.4) is 0 Å². The first-order valence-corrected chi connectivity index (χ1v) is 13.2. The summed E-state index contributed by atoms with van der Waals surface area (Å²) in [5, 5.41) is 11.8. The zero-order valence-corrected chi connectivity index (χ0v) is 19.7. The van der Waals surface area contributed by atoms with E-state index in [4.69, 9.17) is 4.74 Å². The van der Waals surface area contributed by atoms with Crippen LogP contribution >= 0.6 is 0 Å². The average molecular weight is 427 g/mol. The summed E-state index contributed by atoms with van der Waals surface area (Å²) in [4.78, 5) is 12.2. The summed E-state index contributed by atoms with van der Waals surface area (Å²) >= 11 is 0. The van der Waals surface area contributed by atoms with E-state index in [-0.39, 0.29) is 28.3 Å². The van der Waals surface area contributed by atoms with Gasteiger partial charge in [-0.05, 0) is 138 Å². The van der Waals surface area contributed by atoms with Crippen LogP contribution in [0.4, 0.5) is 0 Å². The van der Waals surface area contributed by atoms with E-state index in [1.54, 1.807) is 0 Å². The Kier molecular flexibility index (Phi) is 4.43. The molecule has 0 aromatic rings. The summed E-state index contributed by atoms with van der Waals surface area (Å²) < 4.78 is 6.00. The minimum Gasteiger partial charge on any atom is -0.456 e. The van der Waals surface area contributed by atoms with Crippen LogP contribution < -0.4 is 0 Å². The van der Waals surface area contributed by atoms with Crippen molar-refractivity contribution in [1.29, 1.82) is 0 Å². The third-order valence-corrected chi connectivity index (χ3v) is 11.4. The summed E-state index contributed by atoms with van der Waals surface area (Å²) in [5.74, 6) is 3.86. The molecular formula is C28H42O3. The lowest BCUT2D eigenvalue weighted by molar-refractivity contribution is -0.221. The molecule has 0 saturated heterocycles. The van der Waals surface area contributed by atoms with Gasteiger partial charge in [-0.3, -0.25) is 0 Å². The Morgan fingerprint density at radius 1 is 0.968 bits per heavy atom. The maximum Gasteiger partial charge on any atom is 0.330 e. The fourth-order valence-electron chi connectivity index (χ4n) is 11.0. The van der Waals surface area contributed by atoms with Crippen LogP contribution in [0, 0.1) is 45.8 Å². The van der Waals surface area contributed by atoms with E-state index < -0.39 is 5.60 Å². The third-order valence-electron chi connectivity index (χ3n) is 11.4. The summed E-state index contributed by atoms with van der Waals surface area (Å²) in [7, 11) is 0. The molecule has 8 bridgehead atoms. The van der Waals surface area contributed by atoms with E-state index in [0.717, 1.165) is 42.4 Å². The second-order valence-corrected chi connectivity index (χ2v) is 13.9.